The molecular weight excluding hydrogens is 103 g/mol. The fraction of sp³-hybridized carbons (Fsp3) is 1.00. The van der Waals surface area contributed by atoms with E-state index in [1.165, 1.54) is 0 Å². The molecule has 1 aliphatic carbocycles. The minimum atomic E-state index is -0.0944. The highest BCUT2D eigenvalue weighted by Crippen LogP contribution is 2.43. The van der Waals surface area contributed by atoms with Crippen molar-refractivity contribution in [2.75, 3.05) is 6.67 Å². The highest BCUT2D eigenvalue weighted by atomic mass is 19.1. The topological polar surface area (TPSA) is 0 Å². The predicted octanol–water partition coefficient (Wildman–Crippen LogP) is 2.25. The van der Waals surface area contributed by atoms with Gasteiger partial charge in [-0.15, -0.1) is 0 Å². The summed E-state index contributed by atoms with van der Waals surface area (Å²) in [6.45, 7) is 4.24. The molecule has 0 nitrogen and oxygen atoms in total. The zero-order valence-corrected chi connectivity index (χ0v) is 5.52. The first-order valence-electron chi connectivity index (χ1n) is 3.31. The molecule has 1 saturated carbocycles. The van der Waals surface area contributed by atoms with E-state index in [4.69, 9.17) is 0 Å². The van der Waals surface area contributed by atoms with Gasteiger partial charge in [0, 0.05) is 0 Å². The average Bonchev–Trinajstić information content (AvgIpc) is 2.42. The van der Waals surface area contributed by atoms with Crippen LogP contribution < -0.4 is 0 Å². The lowest BCUT2D eigenvalue weighted by Gasteiger charge is -1.98. The van der Waals surface area contributed by atoms with Crippen LogP contribution in [-0.4, -0.2) is 6.67 Å². The zero-order chi connectivity index (χ0) is 6.15. The fourth-order valence-electron chi connectivity index (χ4n) is 1.26. The van der Waals surface area contributed by atoms with Crippen LogP contribution in [-0.2, 0) is 0 Å². The molecule has 0 amide bonds. The normalized spacial score (nSPS) is 36.0. The Morgan fingerprint density at radius 1 is 1.62 bits per heavy atom. The quantitative estimate of drug-likeness (QED) is 0.519. The van der Waals surface area contributed by atoms with E-state index in [-0.39, 0.29) is 6.67 Å². The van der Waals surface area contributed by atoms with Crippen molar-refractivity contribution in [3.63, 3.8) is 0 Å². The second-order valence-electron chi connectivity index (χ2n) is 3.06. The Labute approximate surface area is 50.1 Å². The van der Waals surface area contributed by atoms with Crippen molar-refractivity contribution >= 4 is 0 Å². The third-order valence-electron chi connectivity index (χ3n) is 2.03. The number of rotatable bonds is 2. The van der Waals surface area contributed by atoms with Gasteiger partial charge in [-0.05, 0) is 24.2 Å². The largest absolute Gasteiger partial charge is 0.251 e. The second-order valence-corrected chi connectivity index (χ2v) is 3.06. The minimum Gasteiger partial charge on any atom is -0.251 e. The summed E-state index contributed by atoms with van der Waals surface area (Å²) in [7, 11) is 0. The van der Waals surface area contributed by atoms with Gasteiger partial charge >= 0.3 is 0 Å². The lowest BCUT2D eigenvalue weighted by Crippen LogP contribution is -1.92. The maximum absolute atomic E-state index is 11.8. The lowest BCUT2D eigenvalue weighted by molar-refractivity contribution is 0.410. The first kappa shape index (κ1) is 6.06. The molecule has 0 bridgehead atoms. The fourth-order valence-corrected chi connectivity index (χ4v) is 1.26. The van der Waals surface area contributed by atoms with Gasteiger partial charge in [-0.1, -0.05) is 13.8 Å². The van der Waals surface area contributed by atoms with Crippen LogP contribution in [0.1, 0.15) is 20.3 Å². The van der Waals surface area contributed by atoms with Gasteiger partial charge in [0.1, 0.15) is 0 Å². The molecule has 1 aliphatic rings. The van der Waals surface area contributed by atoms with Crippen molar-refractivity contribution < 1.29 is 4.39 Å². The third-order valence-corrected chi connectivity index (χ3v) is 2.03. The van der Waals surface area contributed by atoms with Gasteiger partial charge in [-0.3, -0.25) is 4.39 Å². The maximum atomic E-state index is 11.8. The number of hydrogen-bond acceptors (Lipinski definition) is 0. The Balaban J connectivity index is 2.16. The van der Waals surface area contributed by atoms with Gasteiger partial charge in [0.15, 0.2) is 0 Å². The Hall–Kier alpha value is -0.0700. The van der Waals surface area contributed by atoms with E-state index in [2.05, 4.69) is 13.8 Å². The highest BCUT2D eigenvalue weighted by Gasteiger charge is 2.38. The second kappa shape index (κ2) is 2.04. The SMILES string of the molecule is CC(C)[C@H]1C[C@@H]1CF. The van der Waals surface area contributed by atoms with E-state index >= 15 is 0 Å². The van der Waals surface area contributed by atoms with Gasteiger partial charge in [-0.25, -0.2) is 0 Å². The Bertz CT molecular complexity index is 78.5. The van der Waals surface area contributed by atoms with Crippen LogP contribution in [0.15, 0.2) is 0 Å². The minimum absolute atomic E-state index is 0.0944. The molecule has 0 unspecified atom stereocenters. The molecule has 0 spiro atoms. The molecule has 1 rings (SSSR count). The van der Waals surface area contributed by atoms with Gasteiger partial charge in [0.05, 0.1) is 6.67 Å². The van der Waals surface area contributed by atoms with Crippen LogP contribution in [0, 0.1) is 17.8 Å². The van der Waals surface area contributed by atoms with Crippen LogP contribution in [0.5, 0.6) is 0 Å². The standard InChI is InChI=1S/C7H13F/c1-5(2)7-3-6(7)4-8/h5-7H,3-4H2,1-2H3/t6-,7-/m1/s1. The van der Waals surface area contributed by atoms with E-state index < -0.39 is 0 Å². The summed E-state index contributed by atoms with van der Waals surface area (Å²) in [4.78, 5) is 0. The highest BCUT2D eigenvalue weighted by molar-refractivity contribution is 4.87. The van der Waals surface area contributed by atoms with E-state index in [1.54, 1.807) is 0 Å². The molecular formula is C7H13F. The zero-order valence-electron chi connectivity index (χ0n) is 5.52. The Morgan fingerprint density at radius 2 is 2.25 bits per heavy atom. The summed E-state index contributed by atoms with van der Waals surface area (Å²) in [6, 6.07) is 0. The molecule has 2 atom stereocenters. The first-order chi connectivity index (χ1) is 3.75. The molecule has 0 aromatic heterocycles. The third kappa shape index (κ3) is 1.01. The molecule has 1 heteroatoms. The van der Waals surface area contributed by atoms with Crippen molar-refractivity contribution in [2.45, 2.75) is 20.3 Å². The predicted molar refractivity (Wildman–Crippen MR) is 32.4 cm³/mol. The summed E-state index contributed by atoms with van der Waals surface area (Å²) in [5.41, 5.74) is 0. The van der Waals surface area contributed by atoms with Crippen LogP contribution in [0.4, 0.5) is 4.39 Å². The smallest absolute Gasteiger partial charge is 0.0925 e. The van der Waals surface area contributed by atoms with E-state index in [0.29, 0.717) is 17.8 Å². The van der Waals surface area contributed by atoms with Crippen molar-refractivity contribution in [3.8, 4) is 0 Å². The summed E-state index contributed by atoms with van der Waals surface area (Å²) >= 11 is 0. The first-order valence-corrected chi connectivity index (χ1v) is 3.31. The maximum Gasteiger partial charge on any atom is 0.0925 e. The molecule has 8 heavy (non-hydrogen) atoms. The molecule has 0 saturated heterocycles. The van der Waals surface area contributed by atoms with Crippen molar-refractivity contribution in [3.05, 3.63) is 0 Å². The summed E-state index contributed by atoms with van der Waals surface area (Å²) in [6.07, 6.45) is 1.13. The molecule has 0 N–H and O–H groups in total. The summed E-state index contributed by atoms with van der Waals surface area (Å²) < 4.78 is 11.8. The Kier molecular flexibility index (Phi) is 1.54. The van der Waals surface area contributed by atoms with Crippen LogP contribution in [0.25, 0.3) is 0 Å². The molecule has 0 aromatic carbocycles. The van der Waals surface area contributed by atoms with Gasteiger partial charge in [-0.2, -0.15) is 0 Å². The average molecular weight is 116 g/mol. The molecule has 0 aliphatic heterocycles. The monoisotopic (exact) mass is 116 g/mol. The molecule has 0 radical (unpaired) electrons. The van der Waals surface area contributed by atoms with E-state index in [0.717, 1.165) is 6.42 Å². The van der Waals surface area contributed by atoms with Crippen molar-refractivity contribution in [1.29, 1.82) is 0 Å². The van der Waals surface area contributed by atoms with Crippen LogP contribution in [0.3, 0.4) is 0 Å². The molecule has 1 fully saturated rings. The van der Waals surface area contributed by atoms with E-state index in [1.807, 2.05) is 0 Å². The van der Waals surface area contributed by atoms with Crippen LogP contribution >= 0.6 is 0 Å². The Morgan fingerprint density at radius 3 is 2.38 bits per heavy atom. The molecule has 48 valence electrons. The van der Waals surface area contributed by atoms with Gasteiger partial charge in [0.25, 0.3) is 0 Å². The summed E-state index contributed by atoms with van der Waals surface area (Å²) in [5, 5.41) is 0. The number of alkyl halides is 1. The van der Waals surface area contributed by atoms with Crippen molar-refractivity contribution in [1.82, 2.24) is 0 Å². The lowest BCUT2D eigenvalue weighted by atomic mass is 10.1. The van der Waals surface area contributed by atoms with E-state index in [9.17, 15) is 4.39 Å². The molecule has 0 aromatic rings. The summed E-state index contributed by atoms with van der Waals surface area (Å²) in [5.74, 6) is 1.84. The van der Waals surface area contributed by atoms with Crippen molar-refractivity contribution in [2.24, 2.45) is 17.8 Å². The van der Waals surface area contributed by atoms with Gasteiger partial charge < -0.3 is 0 Å². The molecule has 0 heterocycles. The van der Waals surface area contributed by atoms with Gasteiger partial charge in [0.2, 0.25) is 0 Å². The number of hydrogen-bond donors (Lipinski definition) is 0. The number of halogens is 1. The van der Waals surface area contributed by atoms with Crippen LogP contribution in [0.2, 0.25) is 0 Å².